The third-order valence-corrected chi connectivity index (χ3v) is 3.56. The van der Waals surface area contributed by atoms with E-state index in [1.165, 1.54) is 77.0 Å². The van der Waals surface area contributed by atoms with Gasteiger partial charge in [0.2, 0.25) is 0 Å². The third kappa shape index (κ3) is 13.5. The van der Waals surface area contributed by atoms with E-state index in [1.54, 1.807) is 0 Å². The van der Waals surface area contributed by atoms with Crippen LogP contribution in [0.4, 0.5) is 0 Å². The molecule has 0 saturated heterocycles. The quantitative estimate of drug-likeness (QED) is 0.188. The average molecular weight is 255 g/mol. The van der Waals surface area contributed by atoms with Crippen LogP contribution in [-0.4, -0.2) is 10.9 Å². The molecule has 0 aliphatic rings. The molecule has 1 N–H and O–H groups in total. The summed E-state index contributed by atoms with van der Waals surface area (Å²) in [6.07, 6.45) is 17.5. The summed E-state index contributed by atoms with van der Waals surface area (Å²) in [4.78, 5) is 0. The summed E-state index contributed by atoms with van der Waals surface area (Å²) in [6, 6.07) is 0. The lowest BCUT2D eigenvalue weighted by atomic mass is 10.0. The van der Waals surface area contributed by atoms with Gasteiger partial charge in [-0.1, -0.05) is 82.7 Å². The Balaban J connectivity index is 2.99. The maximum atomic E-state index is 8.50. The van der Waals surface area contributed by atoms with E-state index >= 15 is 0 Å². The molecule has 108 valence electrons. The minimum Gasteiger partial charge on any atom is -0.411 e. The van der Waals surface area contributed by atoms with Crippen molar-refractivity contribution in [2.45, 2.75) is 97.3 Å². The van der Waals surface area contributed by atoms with Crippen LogP contribution in [0.15, 0.2) is 5.16 Å². The van der Waals surface area contributed by atoms with E-state index in [2.05, 4.69) is 12.1 Å². The third-order valence-electron chi connectivity index (χ3n) is 3.56. The summed E-state index contributed by atoms with van der Waals surface area (Å²) in [7, 11) is 0. The van der Waals surface area contributed by atoms with Crippen molar-refractivity contribution < 1.29 is 5.21 Å². The molecule has 0 aromatic carbocycles. The maximum Gasteiger partial charge on any atom is 0.0540 e. The molecule has 0 heterocycles. The van der Waals surface area contributed by atoms with Crippen LogP contribution in [0.5, 0.6) is 0 Å². The van der Waals surface area contributed by atoms with Crippen LogP contribution >= 0.6 is 0 Å². The van der Waals surface area contributed by atoms with E-state index in [1.807, 2.05) is 6.92 Å². The Morgan fingerprint density at radius 3 is 1.50 bits per heavy atom. The Morgan fingerprint density at radius 2 is 1.11 bits per heavy atom. The Bertz CT molecular complexity index is 190. The van der Waals surface area contributed by atoms with Gasteiger partial charge in [-0.05, 0) is 19.8 Å². The van der Waals surface area contributed by atoms with Crippen molar-refractivity contribution in [1.29, 1.82) is 0 Å². The second-order valence-corrected chi connectivity index (χ2v) is 5.47. The van der Waals surface area contributed by atoms with Crippen LogP contribution in [-0.2, 0) is 0 Å². The van der Waals surface area contributed by atoms with Gasteiger partial charge in [-0.3, -0.25) is 0 Å². The van der Waals surface area contributed by atoms with Gasteiger partial charge in [0.1, 0.15) is 0 Å². The number of oxime groups is 1. The van der Waals surface area contributed by atoms with E-state index in [0.717, 1.165) is 12.1 Å². The lowest BCUT2D eigenvalue weighted by Crippen LogP contribution is -1.90. The Morgan fingerprint density at radius 1 is 0.722 bits per heavy atom. The predicted octanol–water partition coefficient (Wildman–Crippen LogP) is 5.93. The average Bonchev–Trinajstić information content (AvgIpc) is 2.39. The minimum atomic E-state index is 0.863. The van der Waals surface area contributed by atoms with Crippen molar-refractivity contribution in [2.24, 2.45) is 5.16 Å². The molecular formula is C16H33NO. The molecule has 2 nitrogen and oxygen atoms in total. The van der Waals surface area contributed by atoms with Gasteiger partial charge in [-0.15, -0.1) is 0 Å². The monoisotopic (exact) mass is 255 g/mol. The molecule has 0 aliphatic heterocycles. The lowest BCUT2D eigenvalue weighted by Gasteiger charge is -2.02. The SMILES string of the molecule is CCCCCCCCCCCCCCC(C)=NO. The number of hydrogen-bond acceptors (Lipinski definition) is 2. The molecule has 0 radical (unpaired) electrons. The highest BCUT2D eigenvalue weighted by atomic mass is 16.4. The first-order valence-electron chi connectivity index (χ1n) is 7.98. The number of nitrogens with zero attached hydrogens (tertiary/aromatic N) is 1. The largest absolute Gasteiger partial charge is 0.411 e. The number of rotatable bonds is 13. The van der Waals surface area contributed by atoms with Gasteiger partial charge in [0.25, 0.3) is 0 Å². The van der Waals surface area contributed by atoms with Crippen LogP contribution in [0.2, 0.25) is 0 Å². The van der Waals surface area contributed by atoms with E-state index < -0.39 is 0 Å². The van der Waals surface area contributed by atoms with Gasteiger partial charge in [0.05, 0.1) is 5.71 Å². The molecule has 0 bridgehead atoms. The van der Waals surface area contributed by atoms with Crippen LogP contribution in [0.1, 0.15) is 97.3 Å². The Labute approximate surface area is 114 Å². The summed E-state index contributed by atoms with van der Waals surface area (Å²) in [5.74, 6) is 0. The lowest BCUT2D eigenvalue weighted by molar-refractivity contribution is 0.317. The molecule has 18 heavy (non-hydrogen) atoms. The molecule has 0 atom stereocenters. The molecule has 0 saturated carbocycles. The van der Waals surface area contributed by atoms with Crippen molar-refractivity contribution in [1.82, 2.24) is 0 Å². The topological polar surface area (TPSA) is 32.6 Å². The van der Waals surface area contributed by atoms with Crippen molar-refractivity contribution in [3.8, 4) is 0 Å². The molecule has 2 heteroatoms. The van der Waals surface area contributed by atoms with Crippen molar-refractivity contribution in [3.63, 3.8) is 0 Å². The molecular weight excluding hydrogens is 222 g/mol. The smallest absolute Gasteiger partial charge is 0.0540 e. The first-order valence-corrected chi connectivity index (χ1v) is 7.98. The molecule has 0 aromatic rings. The zero-order valence-corrected chi connectivity index (χ0v) is 12.6. The molecule has 0 fully saturated rings. The summed E-state index contributed by atoms with van der Waals surface area (Å²) < 4.78 is 0. The van der Waals surface area contributed by atoms with Gasteiger partial charge in [-0.25, -0.2) is 0 Å². The molecule has 0 aliphatic carbocycles. The Kier molecular flexibility index (Phi) is 14.1. The van der Waals surface area contributed by atoms with Crippen LogP contribution in [0, 0.1) is 0 Å². The van der Waals surface area contributed by atoms with Crippen LogP contribution < -0.4 is 0 Å². The molecule has 0 aromatic heterocycles. The van der Waals surface area contributed by atoms with Crippen LogP contribution in [0.3, 0.4) is 0 Å². The minimum absolute atomic E-state index is 0.863. The second-order valence-electron chi connectivity index (χ2n) is 5.47. The standard InChI is InChI=1S/C16H33NO/c1-3-4-5-6-7-8-9-10-11-12-13-14-15-16(2)17-18/h18H,3-15H2,1-2H3. The van der Waals surface area contributed by atoms with E-state index in [0.29, 0.717) is 0 Å². The fourth-order valence-electron chi connectivity index (χ4n) is 2.27. The van der Waals surface area contributed by atoms with Gasteiger partial charge in [0.15, 0.2) is 0 Å². The molecule has 0 unspecified atom stereocenters. The first kappa shape index (κ1) is 17.5. The van der Waals surface area contributed by atoms with E-state index in [-0.39, 0.29) is 0 Å². The highest BCUT2D eigenvalue weighted by Crippen LogP contribution is 2.12. The first-order chi connectivity index (χ1) is 8.81. The van der Waals surface area contributed by atoms with Crippen molar-refractivity contribution in [2.75, 3.05) is 0 Å². The summed E-state index contributed by atoms with van der Waals surface area (Å²) in [6.45, 7) is 4.16. The second kappa shape index (κ2) is 14.5. The summed E-state index contributed by atoms with van der Waals surface area (Å²) in [5.41, 5.74) is 0.863. The zero-order chi connectivity index (χ0) is 13.5. The molecule has 0 amide bonds. The van der Waals surface area contributed by atoms with E-state index in [4.69, 9.17) is 5.21 Å². The highest BCUT2D eigenvalue weighted by molar-refractivity contribution is 5.81. The number of hydrogen-bond donors (Lipinski definition) is 1. The van der Waals surface area contributed by atoms with Crippen LogP contribution in [0.25, 0.3) is 0 Å². The Hall–Kier alpha value is -0.530. The van der Waals surface area contributed by atoms with Gasteiger partial charge in [0, 0.05) is 0 Å². The highest BCUT2D eigenvalue weighted by Gasteiger charge is 1.95. The zero-order valence-electron chi connectivity index (χ0n) is 12.6. The number of unbranched alkanes of at least 4 members (excludes halogenated alkanes) is 11. The van der Waals surface area contributed by atoms with Gasteiger partial charge < -0.3 is 5.21 Å². The van der Waals surface area contributed by atoms with Gasteiger partial charge in [-0.2, -0.15) is 0 Å². The van der Waals surface area contributed by atoms with Crippen molar-refractivity contribution in [3.05, 3.63) is 0 Å². The van der Waals surface area contributed by atoms with E-state index in [9.17, 15) is 0 Å². The fourth-order valence-corrected chi connectivity index (χ4v) is 2.27. The fraction of sp³-hybridized carbons (Fsp3) is 0.938. The van der Waals surface area contributed by atoms with Gasteiger partial charge >= 0.3 is 0 Å². The maximum absolute atomic E-state index is 8.50. The predicted molar refractivity (Wildman–Crippen MR) is 80.6 cm³/mol. The van der Waals surface area contributed by atoms with Crippen molar-refractivity contribution >= 4 is 5.71 Å². The summed E-state index contributed by atoms with van der Waals surface area (Å²) in [5, 5.41) is 11.7. The molecule has 0 spiro atoms. The molecule has 0 rings (SSSR count). The summed E-state index contributed by atoms with van der Waals surface area (Å²) >= 11 is 0. The normalized spacial score (nSPS) is 12.0.